The molecule has 1 atom stereocenters. The number of nitrogens with zero attached hydrogens (tertiary/aromatic N) is 1. The van der Waals surface area contributed by atoms with Crippen molar-refractivity contribution in [2.24, 2.45) is 5.73 Å². The first kappa shape index (κ1) is 12.9. The van der Waals surface area contributed by atoms with Crippen molar-refractivity contribution in [3.8, 4) is 0 Å². The first-order valence-corrected chi connectivity index (χ1v) is 6.47. The van der Waals surface area contributed by atoms with E-state index >= 15 is 0 Å². The molecule has 0 unspecified atom stereocenters. The quantitative estimate of drug-likeness (QED) is 0.690. The van der Waals surface area contributed by atoms with Gasteiger partial charge >= 0.3 is 5.97 Å². The summed E-state index contributed by atoms with van der Waals surface area (Å²) < 4.78 is 0. The van der Waals surface area contributed by atoms with Crippen molar-refractivity contribution < 1.29 is 9.90 Å². The monoisotopic (exact) mass is 289 g/mol. The van der Waals surface area contributed by atoms with E-state index in [0.29, 0.717) is 10.8 Å². The number of aliphatic carboxylic acids is 1. The van der Waals surface area contributed by atoms with E-state index in [2.05, 4.69) is 9.97 Å². The third kappa shape index (κ3) is 2.33. The Morgan fingerprint density at radius 3 is 2.90 bits per heavy atom. The summed E-state index contributed by atoms with van der Waals surface area (Å²) in [7, 11) is 0. The zero-order valence-electron chi connectivity index (χ0n) is 10.4. The minimum absolute atomic E-state index is 0.168. The third-order valence-electron chi connectivity index (χ3n) is 3.18. The fourth-order valence-corrected chi connectivity index (χ4v) is 2.35. The van der Waals surface area contributed by atoms with Crippen molar-refractivity contribution in [1.29, 1.82) is 0 Å². The van der Waals surface area contributed by atoms with Crippen LogP contribution in [0, 0.1) is 0 Å². The largest absolute Gasteiger partial charge is 0.480 e. The number of hydrogen-bond acceptors (Lipinski definition) is 3. The molecule has 3 rings (SSSR count). The van der Waals surface area contributed by atoms with Gasteiger partial charge in [-0.05, 0) is 35.0 Å². The highest BCUT2D eigenvalue weighted by Crippen LogP contribution is 2.24. The molecule has 5 nitrogen and oxygen atoms in total. The topological polar surface area (TPSA) is 92.0 Å². The van der Waals surface area contributed by atoms with Crippen LogP contribution in [0.15, 0.2) is 30.3 Å². The zero-order valence-corrected chi connectivity index (χ0v) is 11.2. The van der Waals surface area contributed by atoms with Gasteiger partial charge in [0.15, 0.2) is 0 Å². The van der Waals surface area contributed by atoms with Crippen molar-refractivity contribution in [3.05, 3.63) is 41.2 Å². The number of fused-ring (bicyclic) bond motifs is 2. The lowest BCUT2D eigenvalue weighted by atomic mass is 10.1. The summed E-state index contributed by atoms with van der Waals surface area (Å²) in [5, 5.41) is 11.5. The van der Waals surface area contributed by atoms with E-state index in [1.807, 2.05) is 30.3 Å². The summed E-state index contributed by atoms with van der Waals surface area (Å²) in [5.74, 6) is -0.473. The molecule has 3 aromatic rings. The molecule has 20 heavy (non-hydrogen) atoms. The van der Waals surface area contributed by atoms with Crippen LogP contribution in [-0.2, 0) is 11.2 Å². The maximum atomic E-state index is 10.8. The van der Waals surface area contributed by atoms with Crippen molar-refractivity contribution in [1.82, 2.24) is 9.97 Å². The molecule has 0 aliphatic heterocycles. The lowest BCUT2D eigenvalue weighted by molar-refractivity contribution is -0.138. The van der Waals surface area contributed by atoms with Gasteiger partial charge < -0.3 is 15.8 Å². The molecule has 2 aromatic carbocycles. The number of carboxylic acids is 1. The minimum atomic E-state index is -1.04. The third-order valence-corrected chi connectivity index (χ3v) is 3.42. The summed E-state index contributed by atoms with van der Waals surface area (Å²) in [6, 6.07) is 8.55. The van der Waals surface area contributed by atoms with E-state index in [0.717, 1.165) is 21.8 Å². The molecule has 0 bridgehead atoms. The average Bonchev–Trinajstić information content (AvgIpc) is 2.76. The van der Waals surface area contributed by atoms with Gasteiger partial charge in [-0.1, -0.05) is 17.7 Å². The molecule has 0 saturated carbocycles. The molecular weight excluding hydrogens is 278 g/mol. The van der Waals surface area contributed by atoms with Gasteiger partial charge in [0.25, 0.3) is 0 Å². The number of carboxylic acid groups (broad SMARTS) is 1. The van der Waals surface area contributed by atoms with Gasteiger partial charge in [-0.2, -0.15) is 0 Å². The van der Waals surface area contributed by atoms with Crippen LogP contribution in [0.3, 0.4) is 0 Å². The second kappa shape index (κ2) is 4.77. The van der Waals surface area contributed by atoms with Gasteiger partial charge in [0, 0.05) is 11.4 Å². The molecule has 102 valence electrons. The smallest absolute Gasteiger partial charge is 0.320 e. The van der Waals surface area contributed by atoms with Crippen LogP contribution in [0.4, 0.5) is 0 Å². The van der Waals surface area contributed by atoms with Gasteiger partial charge in [0.05, 0.1) is 11.0 Å². The molecule has 1 aromatic heterocycles. The standard InChI is InChI=1S/C14H12ClN3O2/c15-9-2-1-7-4-11-12(5-8(7)3-9)18-13(17-11)6-10(16)14(19)20/h1-5,10H,6,16H2,(H,17,18)(H,19,20)/t10-/m1/s1. The van der Waals surface area contributed by atoms with Crippen molar-refractivity contribution in [3.63, 3.8) is 0 Å². The Morgan fingerprint density at radius 2 is 2.15 bits per heavy atom. The van der Waals surface area contributed by atoms with E-state index in [9.17, 15) is 4.79 Å². The number of aromatic amines is 1. The predicted molar refractivity (Wildman–Crippen MR) is 77.9 cm³/mol. The fourth-order valence-electron chi connectivity index (χ4n) is 2.17. The average molecular weight is 290 g/mol. The second-order valence-electron chi connectivity index (χ2n) is 4.69. The lowest BCUT2D eigenvalue weighted by Crippen LogP contribution is -2.32. The van der Waals surface area contributed by atoms with Crippen LogP contribution in [0.1, 0.15) is 5.82 Å². The van der Waals surface area contributed by atoms with Crippen LogP contribution in [0.5, 0.6) is 0 Å². The van der Waals surface area contributed by atoms with Gasteiger partial charge in [-0.25, -0.2) is 4.98 Å². The van der Waals surface area contributed by atoms with E-state index < -0.39 is 12.0 Å². The second-order valence-corrected chi connectivity index (χ2v) is 5.13. The Morgan fingerprint density at radius 1 is 1.35 bits per heavy atom. The highest BCUT2D eigenvalue weighted by atomic mass is 35.5. The molecule has 1 heterocycles. The van der Waals surface area contributed by atoms with E-state index in [-0.39, 0.29) is 6.42 Å². The van der Waals surface area contributed by atoms with Crippen molar-refractivity contribution in [2.45, 2.75) is 12.5 Å². The minimum Gasteiger partial charge on any atom is -0.480 e. The SMILES string of the molecule is N[C@H](Cc1nc2cc3cc(Cl)ccc3cc2[nH]1)C(=O)O. The Labute approximate surface area is 119 Å². The number of imidazole rings is 1. The van der Waals surface area contributed by atoms with Crippen LogP contribution in [-0.4, -0.2) is 27.1 Å². The number of H-pyrrole nitrogens is 1. The first-order valence-electron chi connectivity index (χ1n) is 6.09. The molecule has 0 radical (unpaired) electrons. The highest BCUT2D eigenvalue weighted by molar-refractivity contribution is 6.31. The van der Waals surface area contributed by atoms with Crippen LogP contribution < -0.4 is 5.73 Å². The molecule has 0 aliphatic rings. The summed E-state index contributed by atoms with van der Waals surface area (Å²) in [5.41, 5.74) is 7.14. The Hall–Kier alpha value is -2.11. The predicted octanol–water partition coefficient (Wildman–Crippen LogP) is 2.32. The fraction of sp³-hybridized carbons (Fsp3) is 0.143. The van der Waals surface area contributed by atoms with E-state index in [4.69, 9.17) is 22.4 Å². The molecular formula is C14H12ClN3O2. The van der Waals surface area contributed by atoms with Gasteiger partial charge in [-0.15, -0.1) is 0 Å². The van der Waals surface area contributed by atoms with Crippen LogP contribution in [0.2, 0.25) is 5.02 Å². The summed E-state index contributed by atoms with van der Waals surface area (Å²) >= 11 is 5.97. The van der Waals surface area contributed by atoms with Crippen LogP contribution in [0.25, 0.3) is 21.8 Å². The maximum absolute atomic E-state index is 10.8. The van der Waals surface area contributed by atoms with Crippen LogP contribution >= 0.6 is 11.6 Å². The molecule has 0 saturated heterocycles. The number of nitrogens with one attached hydrogen (secondary N) is 1. The first-order chi connectivity index (χ1) is 9.52. The lowest BCUT2D eigenvalue weighted by Gasteiger charge is -2.01. The number of benzene rings is 2. The normalized spacial score (nSPS) is 12.9. The highest BCUT2D eigenvalue weighted by Gasteiger charge is 2.15. The summed E-state index contributed by atoms with van der Waals surface area (Å²) in [4.78, 5) is 18.2. The molecule has 0 spiro atoms. The van der Waals surface area contributed by atoms with Crippen molar-refractivity contribution in [2.75, 3.05) is 0 Å². The van der Waals surface area contributed by atoms with Gasteiger partial charge in [0.1, 0.15) is 11.9 Å². The number of nitrogens with two attached hydrogens (primary N) is 1. The molecule has 6 heteroatoms. The number of carbonyl (C=O) groups is 1. The number of aromatic nitrogens is 2. The molecule has 0 amide bonds. The van der Waals surface area contributed by atoms with Gasteiger partial charge in [0.2, 0.25) is 0 Å². The zero-order chi connectivity index (χ0) is 14.3. The Kier molecular flexibility index (Phi) is 3.08. The Bertz CT molecular complexity index is 813. The molecule has 0 aliphatic carbocycles. The number of rotatable bonds is 3. The van der Waals surface area contributed by atoms with E-state index in [1.165, 1.54) is 0 Å². The maximum Gasteiger partial charge on any atom is 0.320 e. The summed E-state index contributed by atoms with van der Waals surface area (Å²) in [6.45, 7) is 0. The molecule has 0 fully saturated rings. The number of hydrogen-bond donors (Lipinski definition) is 3. The molecule has 4 N–H and O–H groups in total. The summed E-state index contributed by atoms with van der Waals surface area (Å²) in [6.07, 6.45) is 0.168. The van der Waals surface area contributed by atoms with E-state index in [1.54, 1.807) is 0 Å². The van der Waals surface area contributed by atoms with Crippen molar-refractivity contribution >= 4 is 39.4 Å². The Balaban J connectivity index is 2.06. The number of halogens is 1. The van der Waals surface area contributed by atoms with Gasteiger partial charge in [-0.3, -0.25) is 4.79 Å².